The molecule has 0 spiro atoms. The van der Waals surface area contributed by atoms with E-state index < -0.39 is 5.72 Å². The van der Waals surface area contributed by atoms with Gasteiger partial charge in [0.2, 0.25) is 5.91 Å². The van der Waals surface area contributed by atoms with Crippen LogP contribution in [0.3, 0.4) is 0 Å². The third-order valence-electron chi connectivity index (χ3n) is 4.45. The molecule has 0 aromatic heterocycles. The molecule has 2 heterocycles. The largest absolute Gasteiger partial charge is 0.349 e. The van der Waals surface area contributed by atoms with Crippen molar-refractivity contribution in [3.05, 3.63) is 35.9 Å². The summed E-state index contributed by atoms with van der Waals surface area (Å²) in [5, 5.41) is 0. The molecular weight excluding hydrogens is 238 g/mol. The van der Waals surface area contributed by atoms with E-state index in [0.29, 0.717) is 12.5 Å². The molecule has 3 atom stereocenters. The molecule has 0 saturated carbocycles. The van der Waals surface area contributed by atoms with Crippen molar-refractivity contribution in [2.75, 3.05) is 6.61 Å². The van der Waals surface area contributed by atoms with E-state index in [1.54, 1.807) is 0 Å². The first-order valence-electron chi connectivity index (χ1n) is 7.09. The number of carbonyl (C=O) groups is 1. The highest BCUT2D eigenvalue weighted by Gasteiger charge is 2.58. The van der Waals surface area contributed by atoms with Gasteiger partial charge in [-0.05, 0) is 5.92 Å². The second-order valence-corrected chi connectivity index (χ2v) is 6.09. The predicted molar refractivity (Wildman–Crippen MR) is 73.3 cm³/mol. The minimum absolute atomic E-state index is 0.0433. The van der Waals surface area contributed by atoms with E-state index >= 15 is 0 Å². The van der Waals surface area contributed by atoms with E-state index in [9.17, 15) is 4.79 Å². The Balaban J connectivity index is 2.07. The van der Waals surface area contributed by atoms with Crippen molar-refractivity contribution in [3.8, 4) is 0 Å². The van der Waals surface area contributed by atoms with E-state index in [0.717, 1.165) is 12.0 Å². The topological polar surface area (TPSA) is 29.5 Å². The first-order chi connectivity index (χ1) is 9.06. The average Bonchev–Trinajstić information content (AvgIpc) is 2.89. The van der Waals surface area contributed by atoms with Crippen LogP contribution in [0.2, 0.25) is 0 Å². The zero-order chi connectivity index (χ0) is 13.6. The SMILES string of the molecule is CC1C[C@@]2(c3ccccc3)OC[C@H](C(C)C)N2C1=O. The van der Waals surface area contributed by atoms with Gasteiger partial charge < -0.3 is 9.64 Å². The monoisotopic (exact) mass is 259 g/mol. The van der Waals surface area contributed by atoms with Gasteiger partial charge in [-0.3, -0.25) is 4.79 Å². The Morgan fingerprint density at radius 1 is 1.32 bits per heavy atom. The quantitative estimate of drug-likeness (QED) is 0.817. The number of ether oxygens (including phenoxy) is 1. The molecule has 0 bridgehead atoms. The summed E-state index contributed by atoms with van der Waals surface area (Å²) in [5.74, 6) is 0.696. The minimum Gasteiger partial charge on any atom is -0.349 e. The lowest BCUT2D eigenvalue weighted by molar-refractivity contribution is -0.141. The van der Waals surface area contributed by atoms with Crippen LogP contribution in [0.15, 0.2) is 30.3 Å². The van der Waals surface area contributed by atoms with Crippen LogP contribution in [0.1, 0.15) is 32.8 Å². The van der Waals surface area contributed by atoms with Crippen molar-refractivity contribution in [2.24, 2.45) is 11.8 Å². The molecule has 1 amide bonds. The zero-order valence-electron chi connectivity index (χ0n) is 11.8. The zero-order valence-corrected chi connectivity index (χ0v) is 11.8. The van der Waals surface area contributed by atoms with Crippen LogP contribution in [-0.2, 0) is 15.3 Å². The van der Waals surface area contributed by atoms with E-state index in [2.05, 4.69) is 26.0 Å². The normalized spacial score (nSPS) is 34.1. The van der Waals surface area contributed by atoms with Crippen molar-refractivity contribution in [3.63, 3.8) is 0 Å². The Bertz CT molecular complexity index is 485. The highest BCUT2D eigenvalue weighted by molar-refractivity contribution is 5.82. The molecule has 0 radical (unpaired) electrons. The summed E-state index contributed by atoms with van der Waals surface area (Å²) < 4.78 is 6.17. The smallest absolute Gasteiger partial charge is 0.228 e. The highest BCUT2D eigenvalue weighted by atomic mass is 16.5. The van der Waals surface area contributed by atoms with Gasteiger partial charge in [0.05, 0.1) is 12.6 Å². The molecule has 0 N–H and O–H groups in total. The second-order valence-electron chi connectivity index (χ2n) is 6.09. The lowest BCUT2D eigenvalue weighted by atomic mass is 9.96. The standard InChI is InChI=1S/C16H21NO2/c1-11(2)14-10-19-16(13-7-5-4-6-8-13)9-12(3)15(18)17(14)16/h4-8,11-12,14H,9-10H2,1-3H3/t12?,14-,16+/m1/s1. The predicted octanol–water partition coefficient (Wildman–Crippen LogP) is 2.76. The molecular formula is C16H21NO2. The van der Waals surface area contributed by atoms with E-state index in [4.69, 9.17) is 4.74 Å². The molecule has 1 unspecified atom stereocenters. The second kappa shape index (κ2) is 4.34. The Kier molecular flexibility index (Phi) is 2.90. The maximum atomic E-state index is 12.5. The van der Waals surface area contributed by atoms with Gasteiger partial charge in [-0.2, -0.15) is 0 Å². The number of nitrogens with zero attached hydrogens (tertiary/aromatic N) is 1. The van der Waals surface area contributed by atoms with Crippen molar-refractivity contribution >= 4 is 5.91 Å². The van der Waals surface area contributed by atoms with Gasteiger partial charge in [0.25, 0.3) is 0 Å². The summed E-state index contributed by atoms with van der Waals surface area (Å²) in [6, 6.07) is 10.4. The molecule has 0 aliphatic carbocycles. The Labute approximate surface area is 114 Å². The first-order valence-corrected chi connectivity index (χ1v) is 7.09. The summed E-state index contributed by atoms with van der Waals surface area (Å²) >= 11 is 0. The van der Waals surface area contributed by atoms with Crippen molar-refractivity contribution < 1.29 is 9.53 Å². The van der Waals surface area contributed by atoms with Gasteiger partial charge in [-0.1, -0.05) is 51.1 Å². The molecule has 102 valence electrons. The van der Waals surface area contributed by atoms with Gasteiger partial charge in [0, 0.05) is 17.9 Å². The van der Waals surface area contributed by atoms with Crippen molar-refractivity contribution in [1.29, 1.82) is 0 Å². The summed E-state index contributed by atoms with van der Waals surface area (Å²) in [7, 11) is 0. The number of benzene rings is 1. The third kappa shape index (κ3) is 1.71. The number of carbonyl (C=O) groups excluding carboxylic acids is 1. The molecule has 3 heteroatoms. The van der Waals surface area contributed by atoms with Crippen LogP contribution >= 0.6 is 0 Å². The van der Waals surface area contributed by atoms with Crippen LogP contribution in [0, 0.1) is 11.8 Å². The molecule has 3 rings (SSSR count). The highest BCUT2D eigenvalue weighted by Crippen LogP contribution is 2.49. The van der Waals surface area contributed by atoms with Crippen molar-refractivity contribution in [1.82, 2.24) is 4.90 Å². The summed E-state index contributed by atoms with van der Waals surface area (Å²) in [5.41, 5.74) is 0.586. The molecule has 2 fully saturated rings. The fourth-order valence-corrected chi connectivity index (χ4v) is 3.40. The fraction of sp³-hybridized carbons (Fsp3) is 0.562. The molecule has 1 aromatic carbocycles. The average molecular weight is 259 g/mol. The van der Waals surface area contributed by atoms with Gasteiger partial charge in [-0.15, -0.1) is 0 Å². The maximum absolute atomic E-state index is 12.5. The molecule has 2 aliphatic heterocycles. The van der Waals surface area contributed by atoms with Crippen LogP contribution in [-0.4, -0.2) is 23.5 Å². The molecule has 2 saturated heterocycles. The molecule has 19 heavy (non-hydrogen) atoms. The minimum atomic E-state index is -0.521. The van der Waals surface area contributed by atoms with Crippen LogP contribution < -0.4 is 0 Å². The van der Waals surface area contributed by atoms with E-state index in [1.165, 1.54) is 0 Å². The summed E-state index contributed by atoms with van der Waals surface area (Å²) in [6.07, 6.45) is 0.763. The fourth-order valence-electron chi connectivity index (χ4n) is 3.40. The Hall–Kier alpha value is -1.35. The number of amides is 1. The number of hydrogen-bond donors (Lipinski definition) is 0. The van der Waals surface area contributed by atoms with E-state index in [1.807, 2.05) is 30.0 Å². The lowest BCUT2D eigenvalue weighted by Crippen LogP contribution is -2.45. The van der Waals surface area contributed by atoms with Crippen LogP contribution in [0.25, 0.3) is 0 Å². The maximum Gasteiger partial charge on any atom is 0.228 e. The van der Waals surface area contributed by atoms with Crippen LogP contribution in [0.4, 0.5) is 0 Å². The number of fused-ring (bicyclic) bond motifs is 1. The Morgan fingerprint density at radius 2 is 2.00 bits per heavy atom. The Morgan fingerprint density at radius 3 is 2.63 bits per heavy atom. The van der Waals surface area contributed by atoms with Gasteiger partial charge in [0.15, 0.2) is 5.72 Å². The molecule has 2 aliphatic rings. The van der Waals surface area contributed by atoms with Crippen molar-refractivity contribution in [2.45, 2.75) is 39.0 Å². The van der Waals surface area contributed by atoms with Gasteiger partial charge in [-0.25, -0.2) is 0 Å². The first kappa shape index (κ1) is 12.7. The van der Waals surface area contributed by atoms with Crippen LogP contribution in [0.5, 0.6) is 0 Å². The lowest BCUT2D eigenvalue weighted by Gasteiger charge is -2.34. The summed E-state index contributed by atoms with van der Waals surface area (Å²) in [4.78, 5) is 14.5. The number of rotatable bonds is 2. The molecule has 3 nitrogen and oxygen atoms in total. The van der Waals surface area contributed by atoms with Gasteiger partial charge in [0.1, 0.15) is 0 Å². The molecule has 1 aromatic rings. The number of hydrogen-bond acceptors (Lipinski definition) is 2. The van der Waals surface area contributed by atoms with E-state index in [-0.39, 0.29) is 17.9 Å². The third-order valence-corrected chi connectivity index (χ3v) is 4.45. The van der Waals surface area contributed by atoms with Gasteiger partial charge >= 0.3 is 0 Å². The summed E-state index contributed by atoms with van der Waals surface area (Å²) in [6.45, 7) is 6.97.